The number of aromatic nitrogens is 2. The predicted molar refractivity (Wildman–Crippen MR) is 100 cm³/mol. The van der Waals surface area contributed by atoms with Gasteiger partial charge in [0, 0.05) is 29.8 Å². The molecular weight excluding hydrogens is 328 g/mol. The number of hydrogen-bond acceptors (Lipinski definition) is 4. The normalized spacial score (nSPS) is 10.7. The van der Waals surface area contributed by atoms with Crippen LogP contribution in [0.3, 0.4) is 0 Å². The summed E-state index contributed by atoms with van der Waals surface area (Å²) in [5, 5.41) is 0.723. The zero-order valence-corrected chi connectivity index (χ0v) is 14.7. The number of nitrogens with one attached hydrogen (secondary N) is 2. The molecule has 1 aromatic carbocycles. The van der Waals surface area contributed by atoms with E-state index in [9.17, 15) is 9.59 Å². The maximum Gasteiger partial charge on any atom is 0.270 e. The molecule has 0 radical (unpaired) electrons. The molecule has 0 bridgehead atoms. The summed E-state index contributed by atoms with van der Waals surface area (Å²) in [6, 6.07) is 12.8. The molecule has 0 aliphatic rings. The molecule has 26 heavy (non-hydrogen) atoms. The Hall–Kier alpha value is -3.28. The molecule has 2 N–H and O–H groups in total. The molecular formula is C20H20N4O2. The van der Waals surface area contributed by atoms with Gasteiger partial charge in [-0.05, 0) is 30.2 Å². The third kappa shape index (κ3) is 4.03. The first-order chi connectivity index (χ1) is 12.5. The van der Waals surface area contributed by atoms with Gasteiger partial charge in [-0.15, -0.1) is 0 Å². The molecule has 132 valence electrons. The molecule has 6 heteroatoms. The van der Waals surface area contributed by atoms with Crippen LogP contribution in [0.2, 0.25) is 0 Å². The number of hydrogen-bond donors (Lipinski definition) is 2. The number of rotatable bonds is 4. The summed E-state index contributed by atoms with van der Waals surface area (Å²) >= 11 is 0. The van der Waals surface area contributed by atoms with E-state index >= 15 is 0 Å². The fourth-order valence-corrected chi connectivity index (χ4v) is 2.65. The van der Waals surface area contributed by atoms with Crippen molar-refractivity contribution in [1.29, 1.82) is 0 Å². The summed E-state index contributed by atoms with van der Waals surface area (Å²) in [7, 11) is 0. The van der Waals surface area contributed by atoms with Crippen LogP contribution in [0.4, 0.5) is 0 Å². The smallest absolute Gasteiger partial charge is 0.270 e. The van der Waals surface area contributed by atoms with Gasteiger partial charge in [-0.25, -0.2) is 4.98 Å². The number of amides is 2. The second-order valence-electron chi connectivity index (χ2n) is 6.41. The second-order valence-corrected chi connectivity index (χ2v) is 6.41. The van der Waals surface area contributed by atoms with E-state index in [-0.39, 0.29) is 17.7 Å². The maximum atomic E-state index is 12.7. The highest BCUT2D eigenvalue weighted by Gasteiger charge is 2.15. The SMILES string of the molecule is CC(C)CC(=O)NNC(=O)c1cc(-c2ccncc2)nc2ccccc12. The molecule has 2 heterocycles. The Labute approximate surface area is 151 Å². The standard InChI is InChI=1S/C20H20N4O2/c1-13(2)11-19(25)23-24-20(26)16-12-18(14-7-9-21-10-8-14)22-17-6-4-3-5-15(16)17/h3-10,12-13H,11H2,1-2H3,(H,23,25)(H,24,26). The number of fused-ring (bicyclic) bond motifs is 1. The minimum Gasteiger partial charge on any atom is -0.273 e. The lowest BCUT2D eigenvalue weighted by Gasteiger charge is -2.12. The molecule has 2 amide bonds. The summed E-state index contributed by atoms with van der Waals surface area (Å²) in [4.78, 5) is 33.1. The van der Waals surface area contributed by atoms with Crippen molar-refractivity contribution in [3.05, 3.63) is 60.4 Å². The van der Waals surface area contributed by atoms with Crippen molar-refractivity contribution in [2.24, 2.45) is 5.92 Å². The Morgan fingerprint density at radius 2 is 1.77 bits per heavy atom. The minimum atomic E-state index is -0.379. The van der Waals surface area contributed by atoms with Gasteiger partial charge in [0.1, 0.15) is 0 Å². The predicted octanol–water partition coefficient (Wildman–Crippen LogP) is 3.10. The number of para-hydroxylation sites is 1. The maximum absolute atomic E-state index is 12.7. The molecule has 0 aliphatic heterocycles. The molecule has 0 aliphatic carbocycles. The zero-order chi connectivity index (χ0) is 18.5. The number of hydrazine groups is 1. The first kappa shape index (κ1) is 17.5. The summed E-state index contributed by atoms with van der Waals surface area (Å²) in [5.74, 6) is -0.385. The lowest BCUT2D eigenvalue weighted by molar-refractivity contribution is -0.122. The molecule has 0 fully saturated rings. The highest BCUT2D eigenvalue weighted by molar-refractivity contribution is 6.07. The Bertz CT molecular complexity index is 939. The zero-order valence-electron chi connectivity index (χ0n) is 14.7. The summed E-state index contributed by atoms with van der Waals surface area (Å²) in [5.41, 5.74) is 7.66. The van der Waals surface area contributed by atoms with Gasteiger partial charge in [-0.3, -0.25) is 25.4 Å². The van der Waals surface area contributed by atoms with E-state index in [0.29, 0.717) is 23.2 Å². The van der Waals surface area contributed by atoms with Crippen LogP contribution in [-0.2, 0) is 4.79 Å². The topological polar surface area (TPSA) is 84.0 Å². The van der Waals surface area contributed by atoms with Crippen LogP contribution in [0, 0.1) is 5.92 Å². The van der Waals surface area contributed by atoms with Gasteiger partial charge in [0.05, 0.1) is 16.8 Å². The van der Waals surface area contributed by atoms with E-state index in [2.05, 4.69) is 20.8 Å². The van der Waals surface area contributed by atoms with Crippen molar-refractivity contribution in [3.8, 4) is 11.3 Å². The lowest BCUT2D eigenvalue weighted by Crippen LogP contribution is -2.42. The van der Waals surface area contributed by atoms with Crippen molar-refractivity contribution in [3.63, 3.8) is 0 Å². The molecule has 3 rings (SSSR count). The monoisotopic (exact) mass is 348 g/mol. The molecule has 3 aromatic rings. The van der Waals surface area contributed by atoms with Crippen LogP contribution in [0.15, 0.2) is 54.9 Å². The third-order valence-electron chi connectivity index (χ3n) is 3.85. The quantitative estimate of drug-likeness (QED) is 0.710. The number of carbonyl (C=O) groups is 2. The van der Waals surface area contributed by atoms with Crippen LogP contribution in [0.5, 0.6) is 0 Å². The van der Waals surface area contributed by atoms with Crippen LogP contribution in [0.25, 0.3) is 22.2 Å². The Morgan fingerprint density at radius 1 is 1.04 bits per heavy atom. The van der Waals surface area contributed by atoms with E-state index in [1.54, 1.807) is 18.5 Å². The Kier molecular flexibility index (Phi) is 5.22. The molecule has 0 spiro atoms. The number of carbonyl (C=O) groups excluding carboxylic acids is 2. The molecule has 0 unspecified atom stereocenters. The van der Waals surface area contributed by atoms with Gasteiger partial charge < -0.3 is 0 Å². The molecule has 0 saturated heterocycles. The van der Waals surface area contributed by atoms with Crippen molar-refractivity contribution < 1.29 is 9.59 Å². The van der Waals surface area contributed by atoms with Gasteiger partial charge in [-0.1, -0.05) is 32.0 Å². The first-order valence-electron chi connectivity index (χ1n) is 8.44. The van der Waals surface area contributed by atoms with Crippen molar-refractivity contribution >= 4 is 22.7 Å². The van der Waals surface area contributed by atoms with E-state index in [1.165, 1.54) is 0 Å². The Balaban J connectivity index is 1.93. The number of benzene rings is 1. The van der Waals surface area contributed by atoms with Crippen LogP contribution < -0.4 is 10.9 Å². The minimum absolute atomic E-state index is 0.215. The summed E-state index contributed by atoms with van der Waals surface area (Å²) in [6.45, 7) is 3.89. The number of nitrogens with zero attached hydrogens (tertiary/aromatic N) is 2. The highest BCUT2D eigenvalue weighted by Crippen LogP contribution is 2.24. The van der Waals surface area contributed by atoms with Gasteiger partial charge in [0.2, 0.25) is 5.91 Å². The van der Waals surface area contributed by atoms with E-state index in [4.69, 9.17) is 0 Å². The highest BCUT2D eigenvalue weighted by atomic mass is 16.2. The van der Waals surface area contributed by atoms with Crippen LogP contribution in [-0.4, -0.2) is 21.8 Å². The van der Waals surface area contributed by atoms with E-state index < -0.39 is 0 Å². The van der Waals surface area contributed by atoms with Crippen molar-refractivity contribution in [2.45, 2.75) is 20.3 Å². The van der Waals surface area contributed by atoms with Crippen molar-refractivity contribution in [2.75, 3.05) is 0 Å². The van der Waals surface area contributed by atoms with Crippen molar-refractivity contribution in [1.82, 2.24) is 20.8 Å². The van der Waals surface area contributed by atoms with E-state index in [1.807, 2.05) is 50.2 Å². The molecule has 2 aromatic heterocycles. The average molecular weight is 348 g/mol. The van der Waals surface area contributed by atoms with Gasteiger partial charge >= 0.3 is 0 Å². The summed E-state index contributed by atoms with van der Waals surface area (Å²) in [6.07, 6.45) is 3.70. The van der Waals surface area contributed by atoms with Gasteiger partial charge in [-0.2, -0.15) is 0 Å². The number of pyridine rings is 2. The third-order valence-corrected chi connectivity index (χ3v) is 3.85. The first-order valence-corrected chi connectivity index (χ1v) is 8.44. The Morgan fingerprint density at radius 3 is 2.50 bits per heavy atom. The summed E-state index contributed by atoms with van der Waals surface area (Å²) < 4.78 is 0. The fourth-order valence-electron chi connectivity index (χ4n) is 2.65. The molecule has 0 saturated carbocycles. The largest absolute Gasteiger partial charge is 0.273 e. The average Bonchev–Trinajstić information content (AvgIpc) is 2.65. The van der Waals surface area contributed by atoms with Crippen LogP contribution >= 0.6 is 0 Å². The lowest BCUT2D eigenvalue weighted by atomic mass is 10.0. The fraction of sp³-hybridized carbons (Fsp3) is 0.200. The van der Waals surface area contributed by atoms with E-state index in [0.717, 1.165) is 10.9 Å². The van der Waals surface area contributed by atoms with Gasteiger partial charge in [0.25, 0.3) is 5.91 Å². The molecule has 6 nitrogen and oxygen atoms in total. The van der Waals surface area contributed by atoms with Gasteiger partial charge in [0.15, 0.2) is 0 Å². The molecule has 0 atom stereocenters. The second kappa shape index (κ2) is 7.74. The van der Waals surface area contributed by atoms with Crippen LogP contribution in [0.1, 0.15) is 30.6 Å².